The van der Waals surface area contributed by atoms with Crippen LogP contribution in [-0.4, -0.2) is 28.4 Å². The van der Waals surface area contributed by atoms with Gasteiger partial charge in [0.25, 0.3) is 0 Å². The molecule has 2 aromatic rings. The van der Waals surface area contributed by atoms with Crippen LogP contribution in [0, 0.1) is 5.92 Å². The normalized spacial score (nSPS) is 17.0. The Morgan fingerprint density at radius 3 is 2.55 bits per heavy atom. The minimum atomic E-state index is -0.328. The number of aromatic nitrogens is 1. The van der Waals surface area contributed by atoms with Crippen LogP contribution in [-0.2, 0) is 17.8 Å². The molecule has 0 spiro atoms. The van der Waals surface area contributed by atoms with Crippen LogP contribution in [0.2, 0.25) is 0 Å². The molecule has 2 heterocycles. The third-order valence-electron chi connectivity index (χ3n) is 3.78. The Kier molecular flexibility index (Phi) is 4.14. The maximum absolute atomic E-state index is 12.1. The predicted octanol–water partition coefficient (Wildman–Crippen LogP) is 1.99. The SMILES string of the molecule is O=C(NCc1ccncc1)N1C[C@H](Cc2ccccc2)C1=O. The predicted molar refractivity (Wildman–Crippen MR) is 81.8 cm³/mol. The Hall–Kier alpha value is -2.69. The van der Waals surface area contributed by atoms with Gasteiger partial charge in [0.2, 0.25) is 5.91 Å². The molecule has 3 rings (SSSR count). The van der Waals surface area contributed by atoms with Crippen molar-refractivity contribution in [1.29, 1.82) is 0 Å². The number of hydrogen-bond donors (Lipinski definition) is 1. The molecule has 0 aliphatic carbocycles. The summed E-state index contributed by atoms with van der Waals surface area (Å²) in [7, 11) is 0. The summed E-state index contributed by atoms with van der Waals surface area (Å²) in [6.45, 7) is 0.879. The highest BCUT2D eigenvalue weighted by molar-refractivity contribution is 6.00. The Labute approximate surface area is 129 Å². The van der Waals surface area contributed by atoms with E-state index in [-0.39, 0.29) is 17.9 Å². The van der Waals surface area contributed by atoms with Crippen molar-refractivity contribution in [2.75, 3.05) is 6.54 Å². The lowest BCUT2D eigenvalue weighted by atomic mass is 9.91. The van der Waals surface area contributed by atoms with E-state index in [0.29, 0.717) is 19.5 Å². The molecule has 112 valence electrons. The molecule has 1 saturated heterocycles. The number of hydrogen-bond acceptors (Lipinski definition) is 3. The fraction of sp³-hybridized carbons (Fsp3) is 0.235. The van der Waals surface area contributed by atoms with Crippen LogP contribution in [0.3, 0.4) is 0 Å². The Bertz CT molecular complexity index is 650. The number of β-lactam (4-membered cyclic amide) rings is 1. The van der Waals surface area contributed by atoms with Gasteiger partial charge in [-0.3, -0.25) is 14.7 Å². The van der Waals surface area contributed by atoms with Crippen molar-refractivity contribution >= 4 is 11.9 Å². The van der Waals surface area contributed by atoms with Crippen molar-refractivity contribution in [3.05, 3.63) is 66.0 Å². The molecule has 0 radical (unpaired) electrons. The van der Waals surface area contributed by atoms with Gasteiger partial charge in [0.15, 0.2) is 0 Å². The van der Waals surface area contributed by atoms with Gasteiger partial charge in [-0.2, -0.15) is 0 Å². The molecule has 5 nitrogen and oxygen atoms in total. The maximum atomic E-state index is 12.1. The largest absolute Gasteiger partial charge is 0.334 e. The molecule has 3 amide bonds. The first-order chi connectivity index (χ1) is 10.7. The van der Waals surface area contributed by atoms with Crippen molar-refractivity contribution in [2.45, 2.75) is 13.0 Å². The first kappa shape index (κ1) is 14.3. The zero-order valence-electron chi connectivity index (χ0n) is 12.1. The Morgan fingerprint density at radius 1 is 1.14 bits per heavy atom. The van der Waals surface area contributed by atoms with Gasteiger partial charge in [-0.05, 0) is 29.7 Å². The number of carbonyl (C=O) groups excluding carboxylic acids is 2. The van der Waals surface area contributed by atoms with Gasteiger partial charge in [-0.15, -0.1) is 0 Å². The van der Waals surface area contributed by atoms with E-state index in [1.54, 1.807) is 12.4 Å². The van der Waals surface area contributed by atoms with Gasteiger partial charge in [0.05, 0.1) is 5.92 Å². The zero-order valence-corrected chi connectivity index (χ0v) is 12.1. The van der Waals surface area contributed by atoms with Crippen LogP contribution in [0.25, 0.3) is 0 Å². The van der Waals surface area contributed by atoms with Crippen LogP contribution in [0.5, 0.6) is 0 Å². The average Bonchev–Trinajstić information content (AvgIpc) is 2.57. The number of nitrogens with zero attached hydrogens (tertiary/aromatic N) is 2. The number of likely N-dealkylation sites (tertiary alicyclic amines) is 1. The smallest absolute Gasteiger partial charge is 0.324 e. The van der Waals surface area contributed by atoms with Gasteiger partial charge >= 0.3 is 6.03 Å². The minimum Gasteiger partial charge on any atom is -0.334 e. The van der Waals surface area contributed by atoms with E-state index in [1.165, 1.54) is 4.90 Å². The molecular weight excluding hydrogens is 278 g/mol. The number of rotatable bonds is 4. The zero-order chi connectivity index (χ0) is 15.4. The summed E-state index contributed by atoms with van der Waals surface area (Å²) in [6, 6.07) is 13.2. The standard InChI is InChI=1S/C17H17N3O2/c21-16-15(10-13-4-2-1-3-5-13)12-20(16)17(22)19-11-14-6-8-18-9-7-14/h1-9,15H,10-12H2,(H,19,22)/t15-/m0/s1. The summed E-state index contributed by atoms with van der Waals surface area (Å²) in [4.78, 5) is 29.3. The van der Waals surface area contributed by atoms with E-state index in [4.69, 9.17) is 0 Å². The lowest BCUT2D eigenvalue weighted by Gasteiger charge is -2.36. The molecule has 22 heavy (non-hydrogen) atoms. The molecule has 1 N–H and O–H groups in total. The van der Waals surface area contributed by atoms with Crippen LogP contribution >= 0.6 is 0 Å². The first-order valence-electron chi connectivity index (χ1n) is 7.26. The van der Waals surface area contributed by atoms with Crippen LogP contribution in [0.15, 0.2) is 54.9 Å². The molecule has 1 atom stereocenters. The minimum absolute atomic E-state index is 0.0888. The second-order valence-electron chi connectivity index (χ2n) is 5.35. The molecular formula is C17H17N3O2. The summed E-state index contributed by atoms with van der Waals surface area (Å²) in [5, 5.41) is 2.75. The highest BCUT2D eigenvalue weighted by atomic mass is 16.2. The average molecular weight is 295 g/mol. The van der Waals surface area contributed by atoms with E-state index in [2.05, 4.69) is 10.3 Å². The molecule has 0 saturated carbocycles. The second kappa shape index (κ2) is 6.39. The van der Waals surface area contributed by atoms with Crippen LogP contribution in [0.1, 0.15) is 11.1 Å². The summed E-state index contributed by atoms with van der Waals surface area (Å²) < 4.78 is 0. The topological polar surface area (TPSA) is 62.3 Å². The quantitative estimate of drug-likeness (QED) is 0.877. The van der Waals surface area contributed by atoms with Gasteiger partial charge in [-0.1, -0.05) is 30.3 Å². The number of benzene rings is 1. The fourth-order valence-corrected chi connectivity index (χ4v) is 2.50. The van der Waals surface area contributed by atoms with Gasteiger partial charge in [0.1, 0.15) is 0 Å². The monoisotopic (exact) mass is 295 g/mol. The summed E-state index contributed by atoms with van der Waals surface area (Å²) in [5.41, 5.74) is 2.08. The summed E-state index contributed by atoms with van der Waals surface area (Å²) >= 11 is 0. The number of nitrogens with one attached hydrogen (secondary N) is 1. The molecule has 1 aromatic carbocycles. The Balaban J connectivity index is 1.48. The highest BCUT2D eigenvalue weighted by Crippen LogP contribution is 2.22. The number of imide groups is 1. The number of amides is 3. The summed E-state index contributed by atoms with van der Waals surface area (Å²) in [6.07, 6.45) is 4.03. The van der Waals surface area contributed by atoms with Crippen molar-refractivity contribution in [2.24, 2.45) is 5.92 Å². The number of carbonyl (C=O) groups is 2. The Morgan fingerprint density at radius 2 is 1.86 bits per heavy atom. The van der Waals surface area contributed by atoms with E-state index < -0.39 is 0 Å². The highest BCUT2D eigenvalue weighted by Gasteiger charge is 2.40. The van der Waals surface area contributed by atoms with E-state index in [1.807, 2.05) is 42.5 Å². The lowest BCUT2D eigenvalue weighted by Crippen LogP contribution is -2.58. The fourth-order valence-electron chi connectivity index (χ4n) is 2.50. The molecule has 0 unspecified atom stereocenters. The van der Waals surface area contributed by atoms with E-state index in [9.17, 15) is 9.59 Å². The molecule has 1 aliphatic heterocycles. The van der Waals surface area contributed by atoms with Gasteiger partial charge in [0, 0.05) is 25.5 Å². The molecule has 1 aliphatic rings. The lowest BCUT2D eigenvalue weighted by molar-refractivity contribution is -0.142. The number of pyridine rings is 1. The van der Waals surface area contributed by atoms with E-state index >= 15 is 0 Å². The van der Waals surface area contributed by atoms with Crippen molar-refractivity contribution < 1.29 is 9.59 Å². The van der Waals surface area contributed by atoms with Crippen molar-refractivity contribution in [1.82, 2.24) is 15.2 Å². The third-order valence-corrected chi connectivity index (χ3v) is 3.78. The number of urea groups is 1. The van der Waals surface area contributed by atoms with Gasteiger partial charge in [-0.25, -0.2) is 4.79 Å². The van der Waals surface area contributed by atoms with Crippen molar-refractivity contribution in [3.8, 4) is 0 Å². The van der Waals surface area contributed by atoms with Crippen molar-refractivity contribution in [3.63, 3.8) is 0 Å². The van der Waals surface area contributed by atoms with E-state index in [0.717, 1.165) is 11.1 Å². The third kappa shape index (κ3) is 3.14. The molecule has 0 bridgehead atoms. The van der Waals surface area contributed by atoms with Crippen LogP contribution < -0.4 is 5.32 Å². The second-order valence-corrected chi connectivity index (χ2v) is 5.35. The molecule has 5 heteroatoms. The molecule has 1 aromatic heterocycles. The summed E-state index contributed by atoms with van der Waals surface area (Å²) in [5.74, 6) is -0.190. The van der Waals surface area contributed by atoms with Gasteiger partial charge < -0.3 is 5.32 Å². The molecule has 1 fully saturated rings. The van der Waals surface area contributed by atoms with Crippen LogP contribution in [0.4, 0.5) is 4.79 Å². The first-order valence-corrected chi connectivity index (χ1v) is 7.26. The maximum Gasteiger partial charge on any atom is 0.324 e.